The van der Waals surface area contributed by atoms with E-state index in [2.05, 4.69) is 78.6 Å². The Bertz CT molecular complexity index is 699. The van der Waals surface area contributed by atoms with Crippen molar-refractivity contribution in [1.82, 2.24) is 10.2 Å². The molecule has 1 atom stereocenters. The van der Waals surface area contributed by atoms with E-state index < -0.39 is 0 Å². The summed E-state index contributed by atoms with van der Waals surface area (Å²) in [7, 11) is 0. The molecule has 2 aromatic carbocycles. The Balaban J connectivity index is 1.83. The average Bonchev–Trinajstić information content (AvgIpc) is 2.90. The summed E-state index contributed by atoms with van der Waals surface area (Å²) in [6.07, 6.45) is 0.982. The van der Waals surface area contributed by atoms with E-state index in [0.717, 1.165) is 12.1 Å². The maximum absolute atomic E-state index is 4.51. The highest BCUT2D eigenvalue weighted by Gasteiger charge is 2.14. The van der Waals surface area contributed by atoms with Gasteiger partial charge in [-0.15, -0.1) is 0 Å². The first-order valence-electron chi connectivity index (χ1n) is 7.40. The van der Waals surface area contributed by atoms with Gasteiger partial charge in [0, 0.05) is 11.3 Å². The normalized spacial score (nSPS) is 12.3. The molecule has 1 N–H and O–H groups in total. The van der Waals surface area contributed by atoms with Crippen molar-refractivity contribution in [2.75, 3.05) is 0 Å². The van der Waals surface area contributed by atoms with E-state index in [4.69, 9.17) is 0 Å². The van der Waals surface area contributed by atoms with Crippen LogP contribution in [0.15, 0.2) is 60.7 Å². The average molecular weight is 276 g/mol. The van der Waals surface area contributed by atoms with E-state index in [1.807, 2.05) is 6.07 Å². The molecule has 1 heterocycles. The van der Waals surface area contributed by atoms with Gasteiger partial charge in [-0.1, -0.05) is 67.6 Å². The molecule has 0 saturated carbocycles. The van der Waals surface area contributed by atoms with Crippen LogP contribution in [0.4, 0.5) is 0 Å². The first-order chi connectivity index (χ1) is 10.3. The minimum absolute atomic E-state index is 0.481. The summed E-state index contributed by atoms with van der Waals surface area (Å²) in [5.41, 5.74) is 6.08. The number of H-pyrrole nitrogens is 1. The molecule has 0 amide bonds. The summed E-state index contributed by atoms with van der Waals surface area (Å²) in [4.78, 5) is 0. The van der Waals surface area contributed by atoms with Crippen LogP contribution in [-0.4, -0.2) is 10.2 Å². The molecule has 0 spiro atoms. The Kier molecular flexibility index (Phi) is 3.87. The van der Waals surface area contributed by atoms with Crippen LogP contribution in [0.25, 0.3) is 11.3 Å². The maximum Gasteiger partial charge on any atom is 0.0952 e. The third-order valence-electron chi connectivity index (χ3n) is 4.04. The van der Waals surface area contributed by atoms with Gasteiger partial charge in [0.1, 0.15) is 0 Å². The Hall–Kier alpha value is -2.35. The van der Waals surface area contributed by atoms with Crippen LogP contribution in [0.3, 0.4) is 0 Å². The zero-order chi connectivity index (χ0) is 14.7. The first kappa shape index (κ1) is 13.6. The lowest BCUT2D eigenvalue weighted by atomic mass is 9.94. The predicted octanol–water partition coefficient (Wildman–Crippen LogP) is 4.73. The number of aromatic amines is 1. The van der Waals surface area contributed by atoms with E-state index in [0.29, 0.717) is 5.92 Å². The number of nitrogens with one attached hydrogen (secondary N) is 1. The van der Waals surface area contributed by atoms with Gasteiger partial charge >= 0.3 is 0 Å². The van der Waals surface area contributed by atoms with Crippen molar-refractivity contribution >= 4 is 0 Å². The fourth-order valence-corrected chi connectivity index (χ4v) is 2.72. The monoisotopic (exact) mass is 276 g/mol. The van der Waals surface area contributed by atoms with Gasteiger partial charge in [-0.05, 0) is 30.4 Å². The molecule has 1 unspecified atom stereocenters. The number of hydrogen-bond acceptors (Lipinski definition) is 1. The zero-order valence-corrected chi connectivity index (χ0v) is 12.5. The topological polar surface area (TPSA) is 28.7 Å². The number of benzene rings is 2. The second kappa shape index (κ2) is 5.96. The quantitative estimate of drug-likeness (QED) is 0.733. The molecule has 3 rings (SSSR count). The Morgan fingerprint density at radius 2 is 1.57 bits per heavy atom. The van der Waals surface area contributed by atoms with Gasteiger partial charge < -0.3 is 0 Å². The van der Waals surface area contributed by atoms with Crippen molar-refractivity contribution in [3.63, 3.8) is 0 Å². The summed E-state index contributed by atoms with van der Waals surface area (Å²) in [5.74, 6) is 0.481. The minimum atomic E-state index is 0.481. The SMILES string of the molecule is Cc1c(-c2ccccc2)n[nH]c1CC(C)c1ccccc1. The summed E-state index contributed by atoms with van der Waals surface area (Å²) in [5, 5.41) is 7.73. The van der Waals surface area contributed by atoms with Crippen molar-refractivity contribution in [2.45, 2.75) is 26.2 Å². The van der Waals surface area contributed by atoms with Crippen LogP contribution in [-0.2, 0) is 6.42 Å². The second-order valence-corrected chi connectivity index (χ2v) is 5.56. The van der Waals surface area contributed by atoms with Gasteiger partial charge in [0.25, 0.3) is 0 Å². The standard InChI is InChI=1S/C19H20N2/c1-14(16-9-5-3-6-10-16)13-18-15(2)19(21-20-18)17-11-7-4-8-12-17/h3-12,14H,13H2,1-2H3,(H,20,21). The molecule has 2 nitrogen and oxygen atoms in total. The van der Waals surface area contributed by atoms with E-state index in [-0.39, 0.29) is 0 Å². The molecule has 2 heteroatoms. The van der Waals surface area contributed by atoms with E-state index in [1.54, 1.807) is 0 Å². The Morgan fingerprint density at radius 3 is 2.24 bits per heavy atom. The molecule has 0 bridgehead atoms. The number of nitrogens with zero attached hydrogens (tertiary/aromatic N) is 1. The molecule has 1 aromatic heterocycles. The van der Waals surface area contributed by atoms with E-state index in [9.17, 15) is 0 Å². The molecule has 3 aromatic rings. The van der Waals surface area contributed by atoms with Crippen molar-refractivity contribution < 1.29 is 0 Å². The van der Waals surface area contributed by atoms with Gasteiger partial charge in [0.2, 0.25) is 0 Å². The Labute approximate surface area is 125 Å². The van der Waals surface area contributed by atoms with Crippen molar-refractivity contribution in [2.24, 2.45) is 0 Å². The van der Waals surface area contributed by atoms with Crippen LogP contribution in [0.5, 0.6) is 0 Å². The fraction of sp³-hybridized carbons (Fsp3) is 0.211. The molecule has 0 aliphatic carbocycles. The smallest absolute Gasteiger partial charge is 0.0952 e. The van der Waals surface area contributed by atoms with Gasteiger partial charge in [0.15, 0.2) is 0 Å². The molecular formula is C19H20N2. The van der Waals surface area contributed by atoms with Gasteiger partial charge in [-0.2, -0.15) is 5.10 Å². The van der Waals surface area contributed by atoms with Gasteiger partial charge in [-0.25, -0.2) is 0 Å². The molecule has 21 heavy (non-hydrogen) atoms. The first-order valence-corrected chi connectivity index (χ1v) is 7.40. The van der Waals surface area contributed by atoms with Crippen molar-refractivity contribution in [1.29, 1.82) is 0 Å². The lowest BCUT2D eigenvalue weighted by Crippen LogP contribution is -2.00. The van der Waals surface area contributed by atoms with Crippen LogP contribution < -0.4 is 0 Å². The van der Waals surface area contributed by atoms with Crippen LogP contribution in [0, 0.1) is 6.92 Å². The van der Waals surface area contributed by atoms with Crippen LogP contribution in [0.1, 0.15) is 29.7 Å². The number of rotatable bonds is 4. The van der Waals surface area contributed by atoms with Gasteiger partial charge in [-0.3, -0.25) is 5.10 Å². The molecule has 106 valence electrons. The largest absolute Gasteiger partial charge is 0.282 e. The zero-order valence-electron chi connectivity index (χ0n) is 12.5. The van der Waals surface area contributed by atoms with Crippen molar-refractivity contribution in [3.8, 4) is 11.3 Å². The predicted molar refractivity (Wildman–Crippen MR) is 87.3 cm³/mol. The number of aromatic nitrogens is 2. The lowest BCUT2D eigenvalue weighted by molar-refractivity contribution is 0.733. The molecular weight excluding hydrogens is 256 g/mol. The second-order valence-electron chi connectivity index (χ2n) is 5.56. The summed E-state index contributed by atoms with van der Waals surface area (Å²) in [6.45, 7) is 4.41. The van der Waals surface area contributed by atoms with E-state index in [1.165, 1.54) is 22.4 Å². The minimum Gasteiger partial charge on any atom is -0.282 e. The fourth-order valence-electron chi connectivity index (χ4n) is 2.72. The third kappa shape index (κ3) is 2.89. The third-order valence-corrected chi connectivity index (χ3v) is 4.04. The van der Waals surface area contributed by atoms with E-state index >= 15 is 0 Å². The highest BCUT2D eigenvalue weighted by Crippen LogP contribution is 2.26. The van der Waals surface area contributed by atoms with Crippen LogP contribution in [0.2, 0.25) is 0 Å². The molecule has 0 aliphatic rings. The highest BCUT2D eigenvalue weighted by molar-refractivity contribution is 5.63. The summed E-state index contributed by atoms with van der Waals surface area (Å²) >= 11 is 0. The summed E-state index contributed by atoms with van der Waals surface area (Å²) < 4.78 is 0. The molecule has 0 fully saturated rings. The maximum atomic E-state index is 4.51. The molecule has 0 aliphatic heterocycles. The lowest BCUT2D eigenvalue weighted by Gasteiger charge is -2.11. The number of hydrogen-bond donors (Lipinski definition) is 1. The summed E-state index contributed by atoms with van der Waals surface area (Å²) in [6, 6.07) is 21.0. The highest BCUT2D eigenvalue weighted by atomic mass is 15.1. The van der Waals surface area contributed by atoms with Crippen molar-refractivity contribution in [3.05, 3.63) is 77.5 Å². The Morgan fingerprint density at radius 1 is 0.952 bits per heavy atom. The molecule has 0 radical (unpaired) electrons. The van der Waals surface area contributed by atoms with Gasteiger partial charge in [0.05, 0.1) is 5.69 Å². The molecule has 0 saturated heterocycles. The van der Waals surface area contributed by atoms with Crippen LogP contribution >= 0.6 is 0 Å².